The van der Waals surface area contributed by atoms with Gasteiger partial charge < -0.3 is 10.1 Å². The van der Waals surface area contributed by atoms with Gasteiger partial charge in [-0.2, -0.15) is 0 Å². The van der Waals surface area contributed by atoms with Gasteiger partial charge in [-0.1, -0.05) is 37.3 Å². The molecule has 0 radical (unpaired) electrons. The molecule has 2 rings (SSSR count). The largest absolute Gasteiger partial charge is 0.484 e. The van der Waals surface area contributed by atoms with Crippen molar-refractivity contribution in [1.29, 1.82) is 0 Å². The molecule has 0 aliphatic rings. The lowest BCUT2D eigenvalue weighted by Crippen LogP contribution is -2.36. The van der Waals surface area contributed by atoms with Crippen LogP contribution in [0.25, 0.3) is 0 Å². The standard InChI is InChI=1S/C22H30N2O4S/c1-4-17(2)24-29(26,27)21-14-12-20(13-15-21)28-16-22(25)23-18(3)10-11-19-8-6-5-7-9-19/h5-9,12-15,17-18,24H,4,10-11,16H2,1-3H3,(H,23,25)/t17-,18-/m0/s1. The Morgan fingerprint density at radius 2 is 1.66 bits per heavy atom. The molecule has 7 heteroatoms. The Labute approximate surface area is 173 Å². The maximum Gasteiger partial charge on any atom is 0.258 e. The maximum absolute atomic E-state index is 12.2. The Kier molecular flexibility index (Phi) is 8.67. The molecule has 0 aliphatic heterocycles. The van der Waals surface area contributed by atoms with Crippen molar-refractivity contribution in [3.05, 3.63) is 60.2 Å². The molecule has 6 nitrogen and oxygen atoms in total. The molecule has 2 aromatic rings. The number of aryl methyl sites for hydroxylation is 1. The fourth-order valence-electron chi connectivity index (χ4n) is 2.70. The van der Waals surface area contributed by atoms with E-state index in [1.54, 1.807) is 12.1 Å². The zero-order valence-corrected chi connectivity index (χ0v) is 18.0. The van der Waals surface area contributed by atoms with Crippen molar-refractivity contribution in [2.45, 2.75) is 57.0 Å². The van der Waals surface area contributed by atoms with Gasteiger partial charge in [-0.05, 0) is 62.9 Å². The molecule has 1 amide bonds. The molecule has 0 unspecified atom stereocenters. The van der Waals surface area contributed by atoms with Crippen molar-refractivity contribution >= 4 is 15.9 Å². The average molecular weight is 419 g/mol. The number of nitrogens with one attached hydrogen (secondary N) is 2. The summed E-state index contributed by atoms with van der Waals surface area (Å²) in [5, 5.41) is 2.91. The van der Waals surface area contributed by atoms with Crippen molar-refractivity contribution < 1.29 is 17.9 Å². The smallest absolute Gasteiger partial charge is 0.258 e. The van der Waals surface area contributed by atoms with Crippen LogP contribution in [0, 0.1) is 0 Å². The first-order valence-electron chi connectivity index (χ1n) is 9.88. The molecule has 0 fully saturated rings. The summed E-state index contributed by atoms with van der Waals surface area (Å²) < 4.78 is 32.6. The molecule has 0 bridgehead atoms. The molecule has 0 heterocycles. The second-order valence-corrected chi connectivity index (χ2v) is 8.90. The summed E-state index contributed by atoms with van der Waals surface area (Å²) in [5.41, 5.74) is 1.24. The van der Waals surface area contributed by atoms with E-state index in [9.17, 15) is 13.2 Å². The predicted octanol–water partition coefficient (Wildman–Crippen LogP) is 3.28. The van der Waals surface area contributed by atoms with E-state index in [4.69, 9.17) is 4.74 Å². The normalized spacial score (nSPS) is 13.5. The lowest BCUT2D eigenvalue weighted by atomic mass is 10.1. The molecule has 0 aromatic heterocycles. The second-order valence-electron chi connectivity index (χ2n) is 7.18. The lowest BCUT2D eigenvalue weighted by Gasteiger charge is -2.15. The number of carbonyl (C=O) groups is 1. The highest BCUT2D eigenvalue weighted by Crippen LogP contribution is 2.16. The van der Waals surface area contributed by atoms with Crippen LogP contribution in [-0.4, -0.2) is 33.0 Å². The van der Waals surface area contributed by atoms with Gasteiger partial charge in [0.25, 0.3) is 5.91 Å². The van der Waals surface area contributed by atoms with Crippen LogP contribution in [0.2, 0.25) is 0 Å². The average Bonchev–Trinajstić information content (AvgIpc) is 2.71. The third-order valence-electron chi connectivity index (χ3n) is 4.59. The van der Waals surface area contributed by atoms with Gasteiger partial charge in [-0.15, -0.1) is 0 Å². The van der Waals surface area contributed by atoms with Crippen LogP contribution < -0.4 is 14.8 Å². The molecule has 2 aromatic carbocycles. The third-order valence-corrected chi connectivity index (χ3v) is 6.19. The van der Waals surface area contributed by atoms with Crippen LogP contribution in [0.15, 0.2) is 59.5 Å². The van der Waals surface area contributed by atoms with Crippen molar-refractivity contribution in [2.75, 3.05) is 6.61 Å². The zero-order chi connectivity index (χ0) is 21.3. The number of benzene rings is 2. The monoisotopic (exact) mass is 418 g/mol. The summed E-state index contributed by atoms with van der Waals surface area (Å²) in [4.78, 5) is 12.2. The van der Waals surface area contributed by atoms with Gasteiger partial charge in [0.05, 0.1) is 4.90 Å². The Hall–Kier alpha value is -2.38. The van der Waals surface area contributed by atoms with Gasteiger partial charge in [0.15, 0.2) is 6.61 Å². The van der Waals surface area contributed by atoms with Crippen LogP contribution in [0.4, 0.5) is 0 Å². The summed E-state index contributed by atoms with van der Waals surface area (Å²) in [6.45, 7) is 5.57. The Morgan fingerprint density at radius 3 is 2.28 bits per heavy atom. The maximum atomic E-state index is 12.2. The van der Waals surface area contributed by atoms with Gasteiger partial charge in [-0.3, -0.25) is 4.79 Å². The van der Waals surface area contributed by atoms with E-state index in [2.05, 4.69) is 22.2 Å². The number of amides is 1. The lowest BCUT2D eigenvalue weighted by molar-refractivity contribution is -0.123. The molecular formula is C22H30N2O4S. The van der Waals surface area contributed by atoms with Crippen LogP contribution >= 0.6 is 0 Å². The highest BCUT2D eigenvalue weighted by molar-refractivity contribution is 7.89. The van der Waals surface area contributed by atoms with Gasteiger partial charge in [-0.25, -0.2) is 13.1 Å². The van der Waals surface area contributed by atoms with Gasteiger partial charge in [0, 0.05) is 12.1 Å². The van der Waals surface area contributed by atoms with E-state index >= 15 is 0 Å². The van der Waals surface area contributed by atoms with E-state index in [0.29, 0.717) is 12.2 Å². The van der Waals surface area contributed by atoms with Crippen LogP contribution in [0.5, 0.6) is 5.75 Å². The summed E-state index contributed by atoms with van der Waals surface area (Å²) in [7, 11) is -3.55. The van der Waals surface area contributed by atoms with Gasteiger partial charge >= 0.3 is 0 Å². The second kappa shape index (κ2) is 11.0. The predicted molar refractivity (Wildman–Crippen MR) is 114 cm³/mol. The van der Waals surface area contributed by atoms with E-state index in [-0.39, 0.29) is 29.5 Å². The van der Waals surface area contributed by atoms with E-state index in [1.807, 2.05) is 39.0 Å². The van der Waals surface area contributed by atoms with Crippen molar-refractivity contribution in [3.63, 3.8) is 0 Å². The summed E-state index contributed by atoms with van der Waals surface area (Å²) in [6.07, 6.45) is 2.44. The van der Waals surface area contributed by atoms with E-state index < -0.39 is 10.0 Å². The van der Waals surface area contributed by atoms with Crippen molar-refractivity contribution in [1.82, 2.24) is 10.0 Å². The molecule has 2 N–H and O–H groups in total. The first kappa shape index (κ1) is 22.9. The molecule has 0 aliphatic carbocycles. The third kappa shape index (κ3) is 7.87. The Morgan fingerprint density at radius 1 is 1.00 bits per heavy atom. The van der Waals surface area contributed by atoms with Crippen molar-refractivity contribution in [3.8, 4) is 5.75 Å². The highest BCUT2D eigenvalue weighted by atomic mass is 32.2. The van der Waals surface area contributed by atoms with Crippen LogP contribution in [-0.2, 0) is 21.2 Å². The summed E-state index contributed by atoms with van der Waals surface area (Å²) in [6, 6.07) is 16.1. The number of ether oxygens (including phenoxy) is 1. The first-order valence-corrected chi connectivity index (χ1v) is 11.4. The Balaban J connectivity index is 1.78. The molecule has 29 heavy (non-hydrogen) atoms. The summed E-state index contributed by atoms with van der Waals surface area (Å²) in [5.74, 6) is 0.236. The molecular weight excluding hydrogens is 388 g/mol. The van der Waals surface area contributed by atoms with Crippen LogP contribution in [0.1, 0.15) is 39.2 Å². The number of hydrogen-bond acceptors (Lipinski definition) is 4. The number of hydrogen-bond donors (Lipinski definition) is 2. The van der Waals surface area contributed by atoms with E-state index in [0.717, 1.165) is 12.8 Å². The first-order chi connectivity index (χ1) is 13.8. The minimum atomic E-state index is -3.55. The molecule has 0 saturated heterocycles. The van der Waals surface area contributed by atoms with Gasteiger partial charge in [0.1, 0.15) is 5.75 Å². The highest BCUT2D eigenvalue weighted by Gasteiger charge is 2.16. The van der Waals surface area contributed by atoms with Crippen molar-refractivity contribution in [2.24, 2.45) is 0 Å². The quantitative estimate of drug-likeness (QED) is 0.587. The zero-order valence-electron chi connectivity index (χ0n) is 17.2. The SMILES string of the molecule is CC[C@H](C)NS(=O)(=O)c1ccc(OCC(=O)N[C@@H](C)CCc2ccccc2)cc1. The summed E-state index contributed by atoms with van der Waals surface area (Å²) >= 11 is 0. The number of carbonyl (C=O) groups excluding carboxylic acids is 1. The minimum absolute atomic E-state index is 0.0328. The molecule has 2 atom stereocenters. The number of rotatable bonds is 11. The van der Waals surface area contributed by atoms with E-state index in [1.165, 1.54) is 17.7 Å². The molecule has 0 spiro atoms. The number of sulfonamides is 1. The fraction of sp³-hybridized carbons (Fsp3) is 0.409. The fourth-order valence-corrected chi connectivity index (χ4v) is 4.02. The minimum Gasteiger partial charge on any atom is -0.484 e. The molecule has 0 saturated carbocycles. The van der Waals surface area contributed by atoms with Gasteiger partial charge in [0.2, 0.25) is 10.0 Å². The topological polar surface area (TPSA) is 84.5 Å². The molecule has 158 valence electrons. The Bertz CT molecular complexity index is 867. The van der Waals surface area contributed by atoms with Crippen LogP contribution in [0.3, 0.4) is 0 Å².